The van der Waals surface area contributed by atoms with E-state index in [9.17, 15) is 50.8 Å². The molecule has 3 aliphatic rings. The van der Waals surface area contributed by atoms with Crippen molar-refractivity contribution in [2.24, 2.45) is 0 Å². The number of nitrogens with one attached hydrogen (secondary N) is 1. The lowest BCUT2D eigenvalue weighted by atomic mass is 9.95. The van der Waals surface area contributed by atoms with E-state index in [2.05, 4.69) is 5.32 Å². The number of aliphatic hydroxyl groups is 9. The van der Waals surface area contributed by atoms with Gasteiger partial charge in [-0.1, -0.05) is 0 Å². The van der Waals surface area contributed by atoms with E-state index in [1.165, 1.54) is 7.11 Å². The molecule has 0 aromatic heterocycles. The highest BCUT2D eigenvalue weighted by molar-refractivity contribution is 5.73. The van der Waals surface area contributed by atoms with Crippen LogP contribution in [0.5, 0.6) is 0 Å². The molecule has 3 aliphatic heterocycles. The van der Waals surface area contributed by atoms with Crippen molar-refractivity contribution in [1.82, 2.24) is 5.32 Å². The maximum atomic E-state index is 11.7. The van der Waals surface area contributed by atoms with Crippen LogP contribution in [0.25, 0.3) is 0 Å². The number of carbonyl (C=O) groups excluding carboxylic acids is 1. The van der Waals surface area contributed by atoms with Crippen molar-refractivity contribution in [3.8, 4) is 0 Å². The highest BCUT2D eigenvalue weighted by Gasteiger charge is 2.54. The molecule has 10 N–H and O–H groups in total. The Morgan fingerprint density at radius 2 is 1.24 bits per heavy atom. The number of hydrogen-bond donors (Lipinski definition) is 10. The molecule has 0 radical (unpaired) electrons. The number of carbonyl (C=O) groups is 1. The second-order valence-electron chi connectivity index (χ2n) is 9.28. The first-order valence-corrected chi connectivity index (χ1v) is 12.0. The van der Waals surface area contributed by atoms with Crippen LogP contribution in [0.3, 0.4) is 0 Å². The minimum atomic E-state index is -1.81. The van der Waals surface area contributed by atoms with Crippen LogP contribution in [0, 0.1) is 0 Å². The maximum Gasteiger partial charge on any atom is 0.217 e. The molecule has 3 saturated heterocycles. The zero-order valence-electron chi connectivity index (χ0n) is 20.7. The van der Waals surface area contributed by atoms with Gasteiger partial charge < -0.3 is 79.7 Å². The van der Waals surface area contributed by atoms with Crippen molar-refractivity contribution in [2.75, 3.05) is 26.9 Å². The summed E-state index contributed by atoms with van der Waals surface area (Å²) >= 11 is 0. The fraction of sp³-hybridized carbons (Fsp3) is 0.952. The summed E-state index contributed by atoms with van der Waals surface area (Å²) in [7, 11) is 1.19. The van der Waals surface area contributed by atoms with Gasteiger partial charge in [-0.05, 0) is 0 Å². The monoisotopic (exact) mass is 559 g/mol. The van der Waals surface area contributed by atoms with Crippen molar-refractivity contribution >= 4 is 5.91 Å². The summed E-state index contributed by atoms with van der Waals surface area (Å²) < 4.78 is 33.0. The van der Waals surface area contributed by atoms with Crippen LogP contribution in [-0.2, 0) is 33.2 Å². The lowest BCUT2D eigenvalue weighted by Gasteiger charge is -2.49. The van der Waals surface area contributed by atoms with E-state index >= 15 is 0 Å². The first-order valence-electron chi connectivity index (χ1n) is 12.0. The highest BCUT2D eigenvalue weighted by atomic mass is 16.8. The molecule has 17 heteroatoms. The molecule has 3 rings (SSSR count). The van der Waals surface area contributed by atoms with Crippen LogP contribution < -0.4 is 5.32 Å². The molecule has 0 unspecified atom stereocenters. The summed E-state index contributed by atoms with van der Waals surface area (Å²) in [6.45, 7) is -1.03. The average Bonchev–Trinajstić information content (AvgIpc) is 2.89. The van der Waals surface area contributed by atoms with Gasteiger partial charge in [0, 0.05) is 14.0 Å². The Labute approximate surface area is 217 Å². The number of methoxy groups -OCH3 is 1. The maximum absolute atomic E-state index is 11.7. The Hall–Kier alpha value is -1.13. The zero-order chi connectivity index (χ0) is 28.3. The van der Waals surface area contributed by atoms with Crippen LogP contribution in [0.15, 0.2) is 0 Å². The minimum absolute atomic E-state index is 0.602. The van der Waals surface area contributed by atoms with Gasteiger partial charge in [-0.2, -0.15) is 0 Å². The van der Waals surface area contributed by atoms with E-state index in [1.807, 2.05) is 0 Å². The Bertz CT molecular complexity index is 761. The highest BCUT2D eigenvalue weighted by Crippen LogP contribution is 2.33. The van der Waals surface area contributed by atoms with Crippen molar-refractivity contribution in [3.05, 3.63) is 0 Å². The van der Waals surface area contributed by atoms with Gasteiger partial charge in [0.2, 0.25) is 5.91 Å². The van der Waals surface area contributed by atoms with Gasteiger partial charge in [0.15, 0.2) is 18.9 Å². The summed E-state index contributed by atoms with van der Waals surface area (Å²) in [5, 5.41) is 93.2. The molecule has 0 aliphatic carbocycles. The summed E-state index contributed by atoms with van der Waals surface area (Å²) in [6.07, 6.45) is -21.5. The lowest BCUT2D eigenvalue weighted by Crippen LogP contribution is -2.68. The first-order chi connectivity index (χ1) is 18.0. The molecular weight excluding hydrogens is 522 g/mol. The minimum Gasteiger partial charge on any atom is -0.394 e. The summed E-state index contributed by atoms with van der Waals surface area (Å²) in [4.78, 5) is 11.7. The van der Waals surface area contributed by atoms with Crippen LogP contribution >= 0.6 is 0 Å². The number of hydrogen-bond acceptors (Lipinski definition) is 16. The predicted octanol–water partition coefficient (Wildman–Crippen LogP) is -6.78. The number of rotatable bonds is 9. The van der Waals surface area contributed by atoms with E-state index in [4.69, 9.17) is 28.4 Å². The average molecular weight is 560 g/mol. The Balaban J connectivity index is 1.81. The lowest BCUT2D eigenvalue weighted by molar-refractivity contribution is -0.373. The number of aliphatic hydroxyl groups excluding tert-OH is 9. The fourth-order valence-electron chi connectivity index (χ4n) is 4.72. The normalized spacial score (nSPS) is 48.0. The molecule has 0 bridgehead atoms. The van der Waals surface area contributed by atoms with Crippen molar-refractivity contribution in [2.45, 2.75) is 99.0 Å². The standard InChI is InChI=1S/C21H37NO16/c1-6(26)22-10-12(28)11(27)7(3-23)35-20(10)38-17-9(5-25)36-21(15(31)18(17)33-2)37-16-8(4-24)34-19(32)14(30)13(16)29/h7-21,23-25,27-32H,3-5H2,1-2H3,(H,22,26)/t7-,8-,9-,10-,11-,12-,13-,14-,15-,16-,17+,18-,19-,20+,21+/m1/s1. The molecule has 1 amide bonds. The van der Waals surface area contributed by atoms with Crippen LogP contribution in [0.1, 0.15) is 6.92 Å². The second-order valence-corrected chi connectivity index (χ2v) is 9.28. The van der Waals surface area contributed by atoms with Gasteiger partial charge in [0.1, 0.15) is 73.2 Å². The topological polar surface area (TPSA) is 267 Å². The largest absolute Gasteiger partial charge is 0.394 e. The van der Waals surface area contributed by atoms with Gasteiger partial charge in [0.05, 0.1) is 19.8 Å². The predicted molar refractivity (Wildman–Crippen MR) is 118 cm³/mol. The van der Waals surface area contributed by atoms with Crippen molar-refractivity contribution in [1.29, 1.82) is 0 Å². The van der Waals surface area contributed by atoms with E-state index in [-0.39, 0.29) is 0 Å². The number of amides is 1. The smallest absolute Gasteiger partial charge is 0.217 e. The van der Waals surface area contributed by atoms with Gasteiger partial charge in [-0.25, -0.2) is 0 Å². The fourth-order valence-corrected chi connectivity index (χ4v) is 4.72. The molecule has 15 atom stereocenters. The van der Waals surface area contributed by atoms with E-state index < -0.39 is 118 Å². The van der Waals surface area contributed by atoms with Gasteiger partial charge in [0.25, 0.3) is 0 Å². The molecule has 0 aromatic rings. The van der Waals surface area contributed by atoms with E-state index in [1.54, 1.807) is 0 Å². The van der Waals surface area contributed by atoms with Crippen molar-refractivity contribution in [3.63, 3.8) is 0 Å². The molecule has 222 valence electrons. The van der Waals surface area contributed by atoms with E-state index in [0.29, 0.717) is 0 Å². The van der Waals surface area contributed by atoms with Crippen LogP contribution in [0.4, 0.5) is 0 Å². The molecule has 38 heavy (non-hydrogen) atoms. The summed E-state index contributed by atoms with van der Waals surface area (Å²) in [6, 6.07) is -1.33. The molecule has 3 heterocycles. The first kappa shape index (κ1) is 31.4. The molecule has 0 saturated carbocycles. The van der Waals surface area contributed by atoms with Gasteiger partial charge in [-0.15, -0.1) is 0 Å². The third kappa shape index (κ3) is 6.43. The van der Waals surface area contributed by atoms with Gasteiger partial charge >= 0.3 is 0 Å². The van der Waals surface area contributed by atoms with Crippen molar-refractivity contribution < 1.29 is 79.2 Å². The molecule has 3 fully saturated rings. The molecule has 17 nitrogen and oxygen atoms in total. The molecule has 0 aromatic carbocycles. The third-order valence-electron chi connectivity index (χ3n) is 6.74. The Morgan fingerprint density at radius 3 is 1.79 bits per heavy atom. The third-order valence-corrected chi connectivity index (χ3v) is 6.74. The summed E-state index contributed by atoms with van der Waals surface area (Å²) in [5.41, 5.74) is 0. The van der Waals surface area contributed by atoms with Gasteiger partial charge in [-0.3, -0.25) is 4.79 Å². The molecule has 0 spiro atoms. The Kier molecular flexibility index (Phi) is 11.1. The quantitative estimate of drug-likeness (QED) is 0.126. The summed E-state index contributed by atoms with van der Waals surface area (Å²) in [5.74, 6) is -0.602. The second kappa shape index (κ2) is 13.5. The van der Waals surface area contributed by atoms with Crippen LogP contribution in [-0.4, -0.2) is 171 Å². The van der Waals surface area contributed by atoms with E-state index in [0.717, 1.165) is 6.92 Å². The SMILES string of the molecule is CO[C@@H]1[C@@H](O)[C@H](O[C@H]2[C@H](O)[C@@H](O)[C@H](O)O[C@@H]2CO)O[C@H](CO)[C@@H]1O[C@@H]1O[C@H](CO)[C@@H](O)[C@H](O)[C@H]1NC(C)=O. The van der Waals surface area contributed by atoms with Crippen LogP contribution in [0.2, 0.25) is 0 Å². The zero-order valence-corrected chi connectivity index (χ0v) is 20.7. The molecular formula is C21H37NO16. The Morgan fingerprint density at radius 1 is 0.684 bits per heavy atom. The number of ether oxygens (including phenoxy) is 6.